The van der Waals surface area contributed by atoms with Crippen molar-refractivity contribution in [3.05, 3.63) is 269 Å². The van der Waals surface area contributed by atoms with E-state index in [1.807, 2.05) is 0 Å². The summed E-state index contributed by atoms with van der Waals surface area (Å²) in [5, 5.41) is 0. The smallest absolute Gasteiger partial charge is 0.0726 e. The quantitative estimate of drug-likeness (QED) is 0.167. The van der Waals surface area contributed by atoms with Crippen molar-refractivity contribution in [2.75, 3.05) is 4.90 Å². The van der Waals surface area contributed by atoms with Gasteiger partial charge >= 0.3 is 0 Å². The number of rotatable bonds is 5. The van der Waals surface area contributed by atoms with Crippen LogP contribution in [0.2, 0.25) is 0 Å². The minimum absolute atomic E-state index is 0.152. The van der Waals surface area contributed by atoms with Crippen LogP contribution in [0.1, 0.15) is 72.2 Å². The highest BCUT2D eigenvalue weighted by Gasteiger charge is 2.52. The summed E-state index contributed by atoms with van der Waals surface area (Å²) in [5.74, 6) is 0. The summed E-state index contributed by atoms with van der Waals surface area (Å²) in [6.07, 6.45) is 0. The molecule has 0 unspecified atom stereocenters. The maximum atomic E-state index is 2.59. The molecule has 10 aromatic rings. The molecule has 0 saturated carbocycles. The lowest BCUT2D eigenvalue weighted by Gasteiger charge is -2.34. The molecule has 1 spiro atoms. The van der Waals surface area contributed by atoms with Gasteiger partial charge in [0.15, 0.2) is 0 Å². The predicted molar refractivity (Wildman–Crippen MR) is 283 cm³/mol. The summed E-state index contributed by atoms with van der Waals surface area (Å²) in [7, 11) is 0. The SMILES string of the molecule is CC1(C)c2ccccc2-c2ccc(N(c3ccc4c(c3)C3(c5ccccc5-c5ccccc53)c3ccccc3-4)c3cccc(-c4ccccc4)c3-c3cccc4c3-c3ccccc3C4(C)C)cc21. The summed E-state index contributed by atoms with van der Waals surface area (Å²) in [4.78, 5) is 2.59. The van der Waals surface area contributed by atoms with Gasteiger partial charge in [-0.05, 0) is 136 Å². The van der Waals surface area contributed by atoms with Crippen LogP contribution in [0, 0.1) is 0 Å². The van der Waals surface area contributed by atoms with Gasteiger partial charge in [0.25, 0.3) is 0 Å². The van der Waals surface area contributed by atoms with E-state index in [0.29, 0.717) is 0 Å². The summed E-state index contributed by atoms with van der Waals surface area (Å²) in [5.41, 5.74) is 28.8. The zero-order valence-corrected chi connectivity index (χ0v) is 38.8. The van der Waals surface area contributed by atoms with E-state index in [1.54, 1.807) is 0 Å². The lowest BCUT2D eigenvalue weighted by Crippen LogP contribution is -2.26. The average Bonchev–Trinajstić information content (AvgIpc) is 4.02. The van der Waals surface area contributed by atoms with Gasteiger partial charge in [-0.3, -0.25) is 0 Å². The van der Waals surface area contributed by atoms with Crippen molar-refractivity contribution in [1.29, 1.82) is 0 Å². The van der Waals surface area contributed by atoms with E-state index in [9.17, 15) is 0 Å². The molecule has 0 radical (unpaired) electrons. The van der Waals surface area contributed by atoms with E-state index in [-0.39, 0.29) is 10.8 Å². The van der Waals surface area contributed by atoms with Crippen LogP contribution in [0.4, 0.5) is 17.1 Å². The molecule has 10 aromatic carbocycles. The molecule has 0 heterocycles. The predicted octanol–water partition coefficient (Wildman–Crippen LogP) is 17.4. The molecule has 322 valence electrons. The van der Waals surface area contributed by atoms with Crippen LogP contribution in [0.15, 0.2) is 224 Å². The van der Waals surface area contributed by atoms with Crippen molar-refractivity contribution >= 4 is 17.1 Å². The maximum absolute atomic E-state index is 2.59. The third-order valence-corrected chi connectivity index (χ3v) is 16.3. The summed E-state index contributed by atoms with van der Waals surface area (Å²) < 4.78 is 0. The van der Waals surface area contributed by atoms with Crippen molar-refractivity contribution in [2.24, 2.45) is 0 Å². The Hall–Kier alpha value is -8.00. The Kier molecular flexibility index (Phi) is 8.08. The zero-order chi connectivity index (χ0) is 45.5. The molecular formula is C67H49N. The molecule has 4 aliphatic carbocycles. The third-order valence-electron chi connectivity index (χ3n) is 16.3. The zero-order valence-electron chi connectivity index (χ0n) is 38.8. The topological polar surface area (TPSA) is 3.24 Å². The molecule has 0 amide bonds. The first-order valence-electron chi connectivity index (χ1n) is 24.2. The first-order valence-corrected chi connectivity index (χ1v) is 24.2. The number of anilines is 3. The Labute approximate surface area is 399 Å². The molecule has 4 aliphatic rings. The fourth-order valence-corrected chi connectivity index (χ4v) is 13.3. The van der Waals surface area contributed by atoms with E-state index in [2.05, 4.69) is 257 Å². The summed E-state index contributed by atoms with van der Waals surface area (Å²) in [6.45, 7) is 9.57. The first-order chi connectivity index (χ1) is 33.3. The minimum atomic E-state index is -0.480. The van der Waals surface area contributed by atoms with E-state index in [1.165, 1.54) is 111 Å². The van der Waals surface area contributed by atoms with Crippen molar-refractivity contribution < 1.29 is 0 Å². The second kappa shape index (κ2) is 14.0. The number of hydrogen-bond donors (Lipinski definition) is 0. The van der Waals surface area contributed by atoms with Gasteiger partial charge in [0, 0.05) is 27.8 Å². The fraction of sp³-hybridized carbons (Fsp3) is 0.104. The van der Waals surface area contributed by atoms with Crippen LogP contribution >= 0.6 is 0 Å². The Morgan fingerprint density at radius 2 is 0.662 bits per heavy atom. The van der Waals surface area contributed by atoms with Gasteiger partial charge < -0.3 is 4.90 Å². The van der Waals surface area contributed by atoms with E-state index in [4.69, 9.17) is 0 Å². The molecule has 0 aromatic heterocycles. The Balaban J connectivity index is 1.09. The van der Waals surface area contributed by atoms with Gasteiger partial charge in [0.05, 0.1) is 11.1 Å². The normalized spacial score (nSPS) is 15.1. The van der Waals surface area contributed by atoms with Crippen LogP contribution in [0.25, 0.3) is 66.8 Å². The van der Waals surface area contributed by atoms with Crippen LogP contribution in [0.5, 0.6) is 0 Å². The lowest BCUT2D eigenvalue weighted by atomic mass is 9.70. The maximum Gasteiger partial charge on any atom is 0.0726 e. The second-order valence-electron chi connectivity index (χ2n) is 20.3. The number of nitrogens with zero attached hydrogens (tertiary/aromatic N) is 1. The number of benzene rings is 10. The molecule has 1 heteroatoms. The van der Waals surface area contributed by atoms with Crippen LogP contribution in [-0.2, 0) is 16.2 Å². The third kappa shape index (κ3) is 5.06. The molecule has 68 heavy (non-hydrogen) atoms. The molecule has 0 bridgehead atoms. The molecule has 1 nitrogen and oxygen atoms in total. The Morgan fingerprint density at radius 1 is 0.265 bits per heavy atom. The van der Waals surface area contributed by atoms with Gasteiger partial charge in [-0.25, -0.2) is 0 Å². The number of hydrogen-bond acceptors (Lipinski definition) is 1. The molecule has 14 rings (SSSR count). The van der Waals surface area contributed by atoms with Crippen LogP contribution in [0.3, 0.4) is 0 Å². The standard InChI is InChI=1S/C67H49N/c1-65(2)55-30-14-12-26-52(55)63-53(28-18-34-59(63)65)64-45(42-20-6-5-7-21-42)27-19-35-62(64)68(43-36-38-50-46-22-8-13-29-54(46)66(3,4)60(50)40-43)44-37-39-51-49-25-11-17-33-58(49)67(61(51)41-44)56-31-15-9-23-47(56)48-24-10-16-32-57(48)67/h5-41H,1-4H3. The largest absolute Gasteiger partial charge is 0.310 e. The molecule has 0 atom stereocenters. The van der Waals surface area contributed by atoms with Gasteiger partial charge in [0.1, 0.15) is 0 Å². The summed E-state index contributed by atoms with van der Waals surface area (Å²) >= 11 is 0. The molecule has 0 saturated heterocycles. The Morgan fingerprint density at radius 3 is 1.26 bits per heavy atom. The van der Waals surface area contributed by atoms with Gasteiger partial charge in [-0.2, -0.15) is 0 Å². The summed E-state index contributed by atoms with van der Waals surface area (Å²) in [6, 6.07) is 85.1. The van der Waals surface area contributed by atoms with Gasteiger partial charge in [-0.15, -0.1) is 0 Å². The highest BCUT2D eigenvalue weighted by Crippen LogP contribution is 2.64. The Bertz CT molecular complexity index is 3690. The average molecular weight is 868 g/mol. The molecular weight excluding hydrogens is 819 g/mol. The molecule has 0 fully saturated rings. The van der Waals surface area contributed by atoms with E-state index < -0.39 is 5.41 Å². The first kappa shape index (κ1) is 39.2. The van der Waals surface area contributed by atoms with Crippen molar-refractivity contribution in [1.82, 2.24) is 0 Å². The molecule has 0 N–H and O–H groups in total. The lowest BCUT2D eigenvalue weighted by molar-refractivity contribution is 0.660. The van der Waals surface area contributed by atoms with Gasteiger partial charge in [-0.1, -0.05) is 222 Å². The van der Waals surface area contributed by atoms with Crippen molar-refractivity contribution in [3.8, 4) is 66.8 Å². The highest BCUT2D eigenvalue weighted by atomic mass is 15.1. The van der Waals surface area contributed by atoms with Crippen molar-refractivity contribution in [3.63, 3.8) is 0 Å². The second-order valence-corrected chi connectivity index (χ2v) is 20.3. The van der Waals surface area contributed by atoms with E-state index >= 15 is 0 Å². The van der Waals surface area contributed by atoms with Crippen LogP contribution < -0.4 is 4.90 Å². The monoisotopic (exact) mass is 867 g/mol. The number of fused-ring (bicyclic) bond motifs is 16. The highest BCUT2D eigenvalue weighted by molar-refractivity contribution is 6.05. The van der Waals surface area contributed by atoms with Crippen molar-refractivity contribution in [2.45, 2.75) is 43.9 Å². The molecule has 0 aliphatic heterocycles. The minimum Gasteiger partial charge on any atom is -0.310 e. The van der Waals surface area contributed by atoms with E-state index in [0.717, 1.165) is 17.1 Å². The van der Waals surface area contributed by atoms with Gasteiger partial charge in [0.2, 0.25) is 0 Å². The fourth-order valence-electron chi connectivity index (χ4n) is 13.3. The van der Waals surface area contributed by atoms with Crippen LogP contribution in [-0.4, -0.2) is 0 Å².